The van der Waals surface area contributed by atoms with Crippen molar-refractivity contribution in [3.63, 3.8) is 0 Å². The number of aliphatic hydroxyl groups is 1. The van der Waals surface area contributed by atoms with E-state index < -0.39 is 10.0 Å². The van der Waals surface area contributed by atoms with E-state index in [1.165, 1.54) is 6.33 Å². The Balaban J connectivity index is 1.92. The summed E-state index contributed by atoms with van der Waals surface area (Å²) in [5, 5.41) is 9.97. The third kappa shape index (κ3) is 2.08. The van der Waals surface area contributed by atoms with Gasteiger partial charge in [-0.2, -0.15) is 4.31 Å². The van der Waals surface area contributed by atoms with Gasteiger partial charge in [0.25, 0.3) is 10.0 Å². The SMILES string of the molecule is Cn1cnc(S(=O)(=O)N2CC[C@@]3(C)C[C@H](O)CC[C@@H]23)c1. The van der Waals surface area contributed by atoms with E-state index in [0.29, 0.717) is 19.4 Å². The molecular weight excluding hydrogens is 278 g/mol. The molecule has 1 aliphatic carbocycles. The molecule has 3 atom stereocenters. The van der Waals surface area contributed by atoms with Crippen LogP contribution >= 0.6 is 0 Å². The molecule has 112 valence electrons. The standard InChI is InChI=1S/C13H21N3O3S/c1-13-5-6-16(11(13)4-3-10(17)7-13)20(18,19)12-8-15(2)9-14-12/h8-11,17H,3-7H2,1-2H3/t10-,11-,13+/m1/s1. The van der Waals surface area contributed by atoms with Crippen LogP contribution < -0.4 is 0 Å². The van der Waals surface area contributed by atoms with Crippen molar-refractivity contribution in [3.8, 4) is 0 Å². The summed E-state index contributed by atoms with van der Waals surface area (Å²) in [6.45, 7) is 2.61. The Kier molecular flexibility index (Phi) is 3.19. The summed E-state index contributed by atoms with van der Waals surface area (Å²) < 4.78 is 28.7. The number of nitrogens with zero attached hydrogens (tertiary/aromatic N) is 3. The molecule has 1 saturated heterocycles. The number of hydrogen-bond donors (Lipinski definition) is 1. The van der Waals surface area contributed by atoms with Crippen molar-refractivity contribution >= 4 is 10.0 Å². The lowest BCUT2D eigenvalue weighted by Crippen LogP contribution is -2.46. The minimum absolute atomic E-state index is 0.0158. The molecule has 2 aliphatic rings. The molecule has 6 nitrogen and oxygen atoms in total. The highest BCUT2D eigenvalue weighted by atomic mass is 32.2. The molecule has 7 heteroatoms. The number of imidazole rings is 1. The van der Waals surface area contributed by atoms with E-state index in [2.05, 4.69) is 11.9 Å². The first-order valence-electron chi connectivity index (χ1n) is 7.01. The molecule has 0 spiro atoms. The molecule has 0 unspecified atom stereocenters. The Morgan fingerprint density at radius 1 is 1.45 bits per heavy atom. The van der Waals surface area contributed by atoms with E-state index >= 15 is 0 Å². The predicted molar refractivity (Wildman–Crippen MR) is 73.5 cm³/mol. The van der Waals surface area contributed by atoms with E-state index in [-0.39, 0.29) is 22.6 Å². The average molecular weight is 299 g/mol. The maximum atomic E-state index is 12.7. The highest BCUT2D eigenvalue weighted by Gasteiger charge is 2.51. The summed E-state index contributed by atoms with van der Waals surface area (Å²) in [5.41, 5.74) is -0.112. The molecule has 1 N–H and O–H groups in total. The molecule has 0 radical (unpaired) electrons. The van der Waals surface area contributed by atoms with Crippen molar-refractivity contribution in [1.82, 2.24) is 13.9 Å². The van der Waals surface area contributed by atoms with Crippen molar-refractivity contribution < 1.29 is 13.5 Å². The fraction of sp³-hybridized carbons (Fsp3) is 0.769. The number of sulfonamides is 1. The maximum Gasteiger partial charge on any atom is 0.262 e. The van der Waals surface area contributed by atoms with Crippen LogP contribution in [0.2, 0.25) is 0 Å². The van der Waals surface area contributed by atoms with Gasteiger partial charge in [-0.15, -0.1) is 0 Å². The first kappa shape index (κ1) is 14.0. The van der Waals surface area contributed by atoms with Crippen LogP contribution in [0.15, 0.2) is 17.6 Å². The van der Waals surface area contributed by atoms with Crippen LogP contribution in [0.5, 0.6) is 0 Å². The van der Waals surface area contributed by atoms with Crippen molar-refractivity contribution in [3.05, 3.63) is 12.5 Å². The van der Waals surface area contributed by atoms with Crippen molar-refractivity contribution in [2.24, 2.45) is 12.5 Å². The number of aliphatic hydroxyl groups excluding tert-OH is 1. The largest absolute Gasteiger partial charge is 0.393 e. The molecule has 1 saturated carbocycles. The molecule has 2 fully saturated rings. The van der Waals surface area contributed by atoms with E-state index in [0.717, 1.165) is 12.8 Å². The highest BCUT2D eigenvalue weighted by Crippen LogP contribution is 2.48. The summed E-state index contributed by atoms with van der Waals surface area (Å²) in [5.74, 6) is 0. The highest BCUT2D eigenvalue weighted by molar-refractivity contribution is 7.89. The van der Waals surface area contributed by atoms with Gasteiger partial charge in [0.15, 0.2) is 5.03 Å². The molecular formula is C13H21N3O3S. The van der Waals surface area contributed by atoms with Gasteiger partial charge in [-0.25, -0.2) is 13.4 Å². The van der Waals surface area contributed by atoms with Crippen LogP contribution in [-0.2, 0) is 17.1 Å². The third-order valence-corrected chi connectivity index (χ3v) is 6.58. The van der Waals surface area contributed by atoms with E-state index in [9.17, 15) is 13.5 Å². The zero-order valence-electron chi connectivity index (χ0n) is 11.9. The topological polar surface area (TPSA) is 75.4 Å². The van der Waals surface area contributed by atoms with Gasteiger partial charge in [0.05, 0.1) is 12.4 Å². The fourth-order valence-electron chi connectivity index (χ4n) is 3.69. The summed E-state index contributed by atoms with van der Waals surface area (Å²) in [6.07, 6.45) is 5.65. The number of hydrogen-bond acceptors (Lipinski definition) is 4. The van der Waals surface area contributed by atoms with Gasteiger partial charge >= 0.3 is 0 Å². The lowest BCUT2D eigenvalue weighted by Gasteiger charge is -2.40. The molecule has 2 heterocycles. The molecule has 1 aromatic heterocycles. The summed E-state index contributed by atoms with van der Waals surface area (Å²) >= 11 is 0. The van der Waals surface area contributed by atoms with Crippen molar-refractivity contribution in [2.75, 3.05) is 6.54 Å². The second-order valence-electron chi connectivity index (χ2n) is 6.35. The van der Waals surface area contributed by atoms with Gasteiger partial charge in [-0.1, -0.05) is 6.92 Å². The quantitative estimate of drug-likeness (QED) is 0.874. The smallest absolute Gasteiger partial charge is 0.262 e. The van der Waals surface area contributed by atoms with Crippen LogP contribution in [0.4, 0.5) is 0 Å². The Labute approximate surface area is 119 Å². The summed E-state index contributed by atoms with van der Waals surface area (Å²) in [6, 6.07) is -0.0158. The predicted octanol–water partition coefficient (Wildman–Crippen LogP) is 0.734. The number of aromatic nitrogens is 2. The molecule has 3 rings (SSSR count). The lowest BCUT2D eigenvalue weighted by atomic mass is 9.71. The number of rotatable bonds is 2. The summed E-state index contributed by atoms with van der Waals surface area (Å²) in [4.78, 5) is 3.99. The Morgan fingerprint density at radius 2 is 2.20 bits per heavy atom. The van der Waals surface area contributed by atoms with E-state index in [1.807, 2.05) is 0 Å². The van der Waals surface area contributed by atoms with Gasteiger partial charge in [-0.05, 0) is 31.1 Å². The van der Waals surface area contributed by atoms with Gasteiger partial charge in [0.1, 0.15) is 0 Å². The van der Waals surface area contributed by atoms with E-state index in [4.69, 9.17) is 0 Å². The normalized spacial score (nSPS) is 35.1. The molecule has 1 aromatic rings. The first-order valence-corrected chi connectivity index (χ1v) is 8.45. The first-order chi connectivity index (χ1) is 9.33. The van der Waals surface area contributed by atoms with Gasteiger partial charge in [-0.3, -0.25) is 0 Å². The zero-order chi connectivity index (χ0) is 14.5. The van der Waals surface area contributed by atoms with Gasteiger partial charge < -0.3 is 9.67 Å². The molecule has 0 bridgehead atoms. The minimum atomic E-state index is -3.52. The van der Waals surface area contributed by atoms with Crippen LogP contribution in [0.25, 0.3) is 0 Å². The molecule has 1 aliphatic heterocycles. The maximum absolute atomic E-state index is 12.7. The van der Waals surface area contributed by atoms with Crippen LogP contribution in [0.3, 0.4) is 0 Å². The Hall–Kier alpha value is -0.920. The van der Waals surface area contributed by atoms with Gasteiger partial charge in [0, 0.05) is 25.8 Å². The van der Waals surface area contributed by atoms with Gasteiger partial charge in [0.2, 0.25) is 0 Å². The Morgan fingerprint density at radius 3 is 2.85 bits per heavy atom. The zero-order valence-corrected chi connectivity index (χ0v) is 12.7. The number of fused-ring (bicyclic) bond motifs is 1. The fourth-order valence-corrected chi connectivity index (χ4v) is 5.43. The third-order valence-electron chi connectivity index (χ3n) is 4.78. The monoisotopic (exact) mass is 299 g/mol. The van der Waals surface area contributed by atoms with Crippen LogP contribution in [-0.4, -0.2) is 46.1 Å². The molecule has 0 amide bonds. The van der Waals surface area contributed by atoms with Crippen LogP contribution in [0, 0.1) is 5.41 Å². The Bertz CT molecular complexity index is 612. The van der Waals surface area contributed by atoms with Crippen LogP contribution in [0.1, 0.15) is 32.6 Å². The molecule has 20 heavy (non-hydrogen) atoms. The van der Waals surface area contributed by atoms with E-state index in [1.54, 1.807) is 22.1 Å². The van der Waals surface area contributed by atoms with Crippen molar-refractivity contribution in [2.45, 2.75) is 49.8 Å². The lowest BCUT2D eigenvalue weighted by molar-refractivity contribution is 0.0378. The average Bonchev–Trinajstić information content (AvgIpc) is 2.92. The summed E-state index contributed by atoms with van der Waals surface area (Å²) in [7, 11) is -1.76. The minimum Gasteiger partial charge on any atom is -0.393 e. The second-order valence-corrected chi connectivity index (χ2v) is 8.19. The number of aryl methyl sites for hydroxylation is 1. The van der Waals surface area contributed by atoms with Crippen molar-refractivity contribution in [1.29, 1.82) is 0 Å². The molecule has 0 aromatic carbocycles. The second kappa shape index (κ2) is 4.54.